The first-order valence-electron chi connectivity index (χ1n) is 4.97. The van der Waals surface area contributed by atoms with Gasteiger partial charge in [-0.15, -0.1) is 0 Å². The Kier molecular flexibility index (Phi) is 2.49. The maximum atomic E-state index is 11.5. The molecule has 0 atom stereocenters. The van der Waals surface area contributed by atoms with Crippen molar-refractivity contribution in [2.75, 3.05) is 5.32 Å². The molecule has 0 aliphatic carbocycles. The van der Waals surface area contributed by atoms with Crippen molar-refractivity contribution in [3.05, 3.63) is 30.3 Å². The molecular formula is C11H13N3O. The van der Waals surface area contributed by atoms with Crippen molar-refractivity contribution in [2.45, 2.75) is 25.4 Å². The Balaban J connectivity index is 1.77. The molecule has 0 bridgehead atoms. The van der Waals surface area contributed by atoms with Gasteiger partial charge in [0.05, 0.1) is 0 Å². The van der Waals surface area contributed by atoms with Crippen LogP contribution in [0.5, 0.6) is 0 Å². The number of nitrogens with zero attached hydrogens (tertiary/aromatic N) is 2. The predicted octanol–water partition coefficient (Wildman–Crippen LogP) is 2.59. The van der Waals surface area contributed by atoms with Gasteiger partial charge in [0.15, 0.2) is 5.66 Å². The molecule has 1 amide bonds. The summed E-state index contributed by atoms with van der Waals surface area (Å²) in [7, 11) is 0. The quantitative estimate of drug-likeness (QED) is 0.803. The van der Waals surface area contributed by atoms with E-state index in [1.165, 1.54) is 0 Å². The zero-order valence-electron chi connectivity index (χ0n) is 8.60. The van der Waals surface area contributed by atoms with Gasteiger partial charge >= 0.3 is 0 Å². The minimum absolute atomic E-state index is 0.0136. The third-order valence-corrected chi connectivity index (χ3v) is 2.32. The molecule has 0 saturated carbocycles. The van der Waals surface area contributed by atoms with Crippen LogP contribution in [0.3, 0.4) is 0 Å². The molecule has 0 fully saturated rings. The van der Waals surface area contributed by atoms with E-state index in [1.54, 1.807) is 0 Å². The van der Waals surface area contributed by atoms with Gasteiger partial charge < -0.3 is 5.32 Å². The Labute approximate surface area is 88.4 Å². The van der Waals surface area contributed by atoms with Gasteiger partial charge in [-0.05, 0) is 19.1 Å². The molecule has 1 N–H and O–H groups in total. The van der Waals surface area contributed by atoms with E-state index >= 15 is 0 Å². The number of benzene rings is 1. The summed E-state index contributed by atoms with van der Waals surface area (Å²) in [5.74, 6) is 0.0136. The van der Waals surface area contributed by atoms with Crippen molar-refractivity contribution in [1.82, 2.24) is 0 Å². The Morgan fingerprint density at radius 3 is 2.60 bits per heavy atom. The van der Waals surface area contributed by atoms with E-state index in [-0.39, 0.29) is 11.6 Å². The van der Waals surface area contributed by atoms with Gasteiger partial charge in [-0.1, -0.05) is 18.2 Å². The second-order valence-electron chi connectivity index (χ2n) is 3.83. The van der Waals surface area contributed by atoms with Crippen LogP contribution in [-0.2, 0) is 4.79 Å². The van der Waals surface area contributed by atoms with Gasteiger partial charge in [0, 0.05) is 18.5 Å². The summed E-state index contributed by atoms with van der Waals surface area (Å²) < 4.78 is 0. The molecule has 0 spiro atoms. The van der Waals surface area contributed by atoms with Crippen molar-refractivity contribution in [1.29, 1.82) is 0 Å². The molecule has 1 heterocycles. The molecular weight excluding hydrogens is 190 g/mol. The molecule has 78 valence electrons. The summed E-state index contributed by atoms with van der Waals surface area (Å²) >= 11 is 0. The van der Waals surface area contributed by atoms with Crippen LogP contribution >= 0.6 is 0 Å². The fourth-order valence-electron chi connectivity index (χ4n) is 1.28. The normalized spacial score (nSPS) is 16.1. The highest BCUT2D eigenvalue weighted by atomic mass is 16.1. The first-order valence-corrected chi connectivity index (χ1v) is 4.97. The molecule has 1 aliphatic heterocycles. The third-order valence-electron chi connectivity index (χ3n) is 2.32. The SMILES string of the molecule is CC1(CCC(=O)Nc2ccccc2)N=N1. The van der Waals surface area contributed by atoms with Gasteiger partial charge in [-0.2, -0.15) is 10.2 Å². The fourth-order valence-corrected chi connectivity index (χ4v) is 1.28. The zero-order chi connectivity index (χ0) is 10.7. The minimum Gasteiger partial charge on any atom is -0.326 e. The zero-order valence-corrected chi connectivity index (χ0v) is 8.60. The maximum Gasteiger partial charge on any atom is 0.224 e. The standard InChI is InChI=1S/C11H13N3O/c1-11(13-14-11)8-7-10(15)12-9-5-3-2-4-6-9/h2-6H,7-8H2,1H3,(H,12,15). The third kappa shape index (κ3) is 2.87. The van der Waals surface area contributed by atoms with Gasteiger partial charge in [0.1, 0.15) is 0 Å². The fraction of sp³-hybridized carbons (Fsp3) is 0.364. The van der Waals surface area contributed by atoms with Crippen molar-refractivity contribution in [3.63, 3.8) is 0 Å². The van der Waals surface area contributed by atoms with E-state index in [1.807, 2.05) is 37.3 Å². The molecule has 4 heteroatoms. The Morgan fingerprint density at radius 2 is 2.00 bits per heavy atom. The van der Waals surface area contributed by atoms with Crippen molar-refractivity contribution < 1.29 is 4.79 Å². The summed E-state index contributed by atoms with van der Waals surface area (Å²) in [6.07, 6.45) is 1.14. The van der Waals surface area contributed by atoms with Crippen LogP contribution in [-0.4, -0.2) is 11.6 Å². The number of hydrogen-bond donors (Lipinski definition) is 1. The van der Waals surface area contributed by atoms with Gasteiger partial charge in [-0.25, -0.2) is 0 Å². The largest absolute Gasteiger partial charge is 0.326 e. The lowest BCUT2D eigenvalue weighted by Crippen LogP contribution is -2.15. The monoisotopic (exact) mass is 203 g/mol. The molecule has 2 rings (SSSR count). The molecule has 0 radical (unpaired) electrons. The van der Waals surface area contributed by atoms with Crippen LogP contribution in [0, 0.1) is 0 Å². The number of para-hydroxylation sites is 1. The topological polar surface area (TPSA) is 53.8 Å². The smallest absolute Gasteiger partial charge is 0.224 e. The van der Waals surface area contributed by atoms with Crippen molar-refractivity contribution >= 4 is 11.6 Å². The van der Waals surface area contributed by atoms with Crippen molar-refractivity contribution in [3.8, 4) is 0 Å². The average Bonchev–Trinajstić information content (AvgIpc) is 2.96. The number of hydrogen-bond acceptors (Lipinski definition) is 3. The first kappa shape index (κ1) is 9.83. The number of rotatable bonds is 4. The lowest BCUT2D eigenvalue weighted by molar-refractivity contribution is -0.116. The number of carbonyl (C=O) groups is 1. The summed E-state index contributed by atoms with van der Waals surface area (Å²) in [4.78, 5) is 11.5. The highest BCUT2D eigenvalue weighted by Crippen LogP contribution is 2.31. The summed E-state index contributed by atoms with van der Waals surface area (Å²) in [5, 5.41) is 10.5. The molecule has 1 aromatic carbocycles. The number of anilines is 1. The molecule has 1 aromatic rings. The number of nitrogens with one attached hydrogen (secondary N) is 1. The first-order chi connectivity index (χ1) is 7.18. The van der Waals surface area contributed by atoms with E-state index in [0.717, 1.165) is 5.69 Å². The van der Waals surface area contributed by atoms with Gasteiger partial charge in [-0.3, -0.25) is 4.79 Å². The highest BCUT2D eigenvalue weighted by molar-refractivity contribution is 5.90. The average molecular weight is 203 g/mol. The second kappa shape index (κ2) is 3.81. The van der Waals surface area contributed by atoms with E-state index < -0.39 is 0 Å². The van der Waals surface area contributed by atoms with E-state index in [0.29, 0.717) is 12.8 Å². The predicted molar refractivity (Wildman–Crippen MR) is 57.6 cm³/mol. The van der Waals surface area contributed by atoms with E-state index in [4.69, 9.17) is 0 Å². The van der Waals surface area contributed by atoms with Gasteiger partial charge in [0.2, 0.25) is 5.91 Å². The lowest BCUT2D eigenvalue weighted by Gasteiger charge is -2.05. The Morgan fingerprint density at radius 1 is 1.33 bits per heavy atom. The van der Waals surface area contributed by atoms with Crippen LogP contribution in [0.25, 0.3) is 0 Å². The summed E-state index contributed by atoms with van der Waals surface area (Å²) in [6.45, 7) is 1.92. The lowest BCUT2D eigenvalue weighted by atomic mass is 10.1. The summed E-state index contributed by atoms with van der Waals surface area (Å²) in [5.41, 5.74) is 0.547. The van der Waals surface area contributed by atoms with Crippen LogP contribution in [0.4, 0.5) is 5.69 Å². The number of carbonyl (C=O) groups excluding carboxylic acids is 1. The van der Waals surface area contributed by atoms with Crippen LogP contribution < -0.4 is 5.32 Å². The second-order valence-corrected chi connectivity index (χ2v) is 3.83. The Hall–Kier alpha value is -1.71. The molecule has 15 heavy (non-hydrogen) atoms. The van der Waals surface area contributed by atoms with Crippen LogP contribution in [0.15, 0.2) is 40.6 Å². The Bertz CT molecular complexity index is 380. The molecule has 0 aromatic heterocycles. The molecule has 4 nitrogen and oxygen atoms in total. The van der Waals surface area contributed by atoms with Crippen LogP contribution in [0.2, 0.25) is 0 Å². The van der Waals surface area contributed by atoms with Crippen LogP contribution in [0.1, 0.15) is 19.8 Å². The van der Waals surface area contributed by atoms with Gasteiger partial charge in [0.25, 0.3) is 0 Å². The molecule has 1 aliphatic rings. The van der Waals surface area contributed by atoms with Crippen molar-refractivity contribution in [2.24, 2.45) is 10.2 Å². The van der Waals surface area contributed by atoms with E-state index in [2.05, 4.69) is 15.5 Å². The molecule has 0 unspecified atom stereocenters. The minimum atomic E-state index is -0.284. The summed E-state index contributed by atoms with van der Waals surface area (Å²) in [6, 6.07) is 9.43. The number of amides is 1. The molecule has 0 saturated heterocycles. The highest BCUT2D eigenvalue weighted by Gasteiger charge is 2.33. The maximum absolute atomic E-state index is 11.5. The van der Waals surface area contributed by atoms with E-state index in [9.17, 15) is 4.79 Å².